The van der Waals surface area contributed by atoms with Crippen molar-refractivity contribution in [3.05, 3.63) is 47.8 Å². The molecule has 0 aliphatic rings. The van der Waals surface area contributed by atoms with E-state index in [1.54, 1.807) is 11.6 Å². The molecule has 0 aliphatic heterocycles. The quantitative estimate of drug-likeness (QED) is 0.673. The predicted octanol–water partition coefficient (Wildman–Crippen LogP) is 2.07. The Morgan fingerprint density at radius 3 is 2.96 bits per heavy atom. The number of nitrogens with zero attached hydrogens (tertiary/aromatic N) is 4. The van der Waals surface area contributed by atoms with Crippen molar-refractivity contribution >= 4 is 11.5 Å². The first-order valence-electron chi connectivity index (χ1n) is 7.40. The third-order valence-corrected chi connectivity index (χ3v) is 3.37. The van der Waals surface area contributed by atoms with Crippen LogP contribution in [0.3, 0.4) is 0 Å². The number of ether oxygens (including phenoxy) is 2. The Balaban J connectivity index is 1.46. The lowest BCUT2D eigenvalue weighted by Gasteiger charge is -2.08. The number of fused-ring (bicyclic) bond motifs is 1. The molecule has 0 saturated carbocycles. The highest BCUT2D eigenvalue weighted by molar-refractivity contribution is 5.43. The largest absolute Gasteiger partial charge is 0.497 e. The highest BCUT2D eigenvalue weighted by Gasteiger charge is 2.03. The predicted molar refractivity (Wildman–Crippen MR) is 86.7 cm³/mol. The molecule has 3 rings (SSSR count). The first kappa shape index (κ1) is 15.2. The van der Waals surface area contributed by atoms with Crippen LogP contribution >= 0.6 is 0 Å². The van der Waals surface area contributed by atoms with Crippen molar-refractivity contribution in [2.45, 2.75) is 13.5 Å². The molecule has 2 aromatic heterocycles. The number of aromatic nitrogens is 4. The summed E-state index contributed by atoms with van der Waals surface area (Å²) in [4.78, 5) is 0. The Morgan fingerprint density at radius 1 is 1.17 bits per heavy atom. The molecule has 3 aromatic rings. The Labute approximate surface area is 134 Å². The van der Waals surface area contributed by atoms with Crippen LogP contribution < -0.4 is 10.1 Å². The standard InChI is InChI=1S/C16H19N5O2/c1-12-18-19-16-7-6-15(20-21(12)16)17-8-9-23-11-13-4-3-5-14(10-13)22-2/h3-7,10H,8-9,11H2,1-2H3,(H,17,20). The molecule has 2 heterocycles. The molecule has 23 heavy (non-hydrogen) atoms. The van der Waals surface area contributed by atoms with Crippen LogP contribution in [-0.4, -0.2) is 40.1 Å². The highest BCUT2D eigenvalue weighted by atomic mass is 16.5. The zero-order chi connectivity index (χ0) is 16.1. The number of hydrogen-bond acceptors (Lipinski definition) is 6. The van der Waals surface area contributed by atoms with Crippen LogP contribution in [0.1, 0.15) is 11.4 Å². The van der Waals surface area contributed by atoms with Crippen LogP contribution in [0.2, 0.25) is 0 Å². The topological polar surface area (TPSA) is 73.6 Å². The number of benzene rings is 1. The zero-order valence-corrected chi connectivity index (χ0v) is 13.2. The minimum atomic E-state index is 0.551. The van der Waals surface area contributed by atoms with Crippen LogP contribution in [0.25, 0.3) is 5.65 Å². The Hall–Kier alpha value is -2.67. The van der Waals surface area contributed by atoms with E-state index >= 15 is 0 Å². The fourth-order valence-electron chi connectivity index (χ4n) is 2.19. The number of nitrogens with one attached hydrogen (secondary N) is 1. The van der Waals surface area contributed by atoms with E-state index in [-0.39, 0.29) is 0 Å². The van der Waals surface area contributed by atoms with E-state index < -0.39 is 0 Å². The SMILES string of the molecule is COc1cccc(COCCNc2ccc3nnc(C)n3n2)c1. The van der Waals surface area contributed by atoms with E-state index in [1.165, 1.54) is 0 Å². The maximum Gasteiger partial charge on any atom is 0.178 e. The molecule has 0 amide bonds. The molecule has 7 heteroatoms. The normalized spacial score (nSPS) is 10.9. The smallest absolute Gasteiger partial charge is 0.178 e. The molecule has 0 unspecified atom stereocenters. The van der Waals surface area contributed by atoms with Crippen molar-refractivity contribution in [3.63, 3.8) is 0 Å². The summed E-state index contributed by atoms with van der Waals surface area (Å²) >= 11 is 0. The fraction of sp³-hybridized carbons (Fsp3) is 0.312. The summed E-state index contributed by atoms with van der Waals surface area (Å²) in [5.74, 6) is 2.37. The van der Waals surface area contributed by atoms with Crippen LogP contribution in [0.5, 0.6) is 5.75 Å². The van der Waals surface area contributed by atoms with Gasteiger partial charge >= 0.3 is 0 Å². The van der Waals surface area contributed by atoms with Gasteiger partial charge in [-0.05, 0) is 36.8 Å². The maximum absolute atomic E-state index is 5.66. The summed E-state index contributed by atoms with van der Waals surface area (Å²) in [7, 11) is 1.66. The van der Waals surface area contributed by atoms with Gasteiger partial charge in [0.15, 0.2) is 11.5 Å². The molecular formula is C16H19N5O2. The molecule has 1 N–H and O–H groups in total. The van der Waals surface area contributed by atoms with Gasteiger partial charge in [0.1, 0.15) is 11.6 Å². The van der Waals surface area contributed by atoms with Crippen LogP contribution in [0, 0.1) is 6.92 Å². The minimum absolute atomic E-state index is 0.551. The summed E-state index contributed by atoms with van der Waals surface area (Å²) in [5, 5.41) is 15.6. The van der Waals surface area contributed by atoms with E-state index in [1.807, 2.05) is 43.3 Å². The summed E-state index contributed by atoms with van der Waals surface area (Å²) in [6.07, 6.45) is 0. The van der Waals surface area contributed by atoms with Gasteiger partial charge < -0.3 is 14.8 Å². The van der Waals surface area contributed by atoms with Crippen molar-refractivity contribution in [3.8, 4) is 5.75 Å². The maximum atomic E-state index is 5.66. The van der Waals surface area contributed by atoms with Gasteiger partial charge in [0.2, 0.25) is 0 Å². The Bertz CT molecular complexity index is 787. The van der Waals surface area contributed by atoms with Crippen LogP contribution in [0.4, 0.5) is 5.82 Å². The average molecular weight is 313 g/mol. The number of anilines is 1. The summed E-state index contributed by atoms with van der Waals surface area (Å²) in [6, 6.07) is 11.6. The molecule has 0 spiro atoms. The van der Waals surface area contributed by atoms with Crippen molar-refractivity contribution in [2.24, 2.45) is 0 Å². The van der Waals surface area contributed by atoms with E-state index in [0.717, 1.165) is 28.6 Å². The Kier molecular flexibility index (Phi) is 4.68. The second kappa shape index (κ2) is 7.06. The van der Waals surface area contributed by atoms with Crippen molar-refractivity contribution in [2.75, 3.05) is 25.6 Å². The molecule has 0 bridgehead atoms. The number of rotatable bonds is 7. The van der Waals surface area contributed by atoms with E-state index in [2.05, 4.69) is 20.6 Å². The van der Waals surface area contributed by atoms with Gasteiger partial charge in [0, 0.05) is 6.54 Å². The van der Waals surface area contributed by atoms with Gasteiger partial charge in [-0.2, -0.15) is 4.52 Å². The first-order chi connectivity index (χ1) is 11.3. The molecule has 0 fully saturated rings. The van der Waals surface area contributed by atoms with Crippen molar-refractivity contribution in [1.82, 2.24) is 19.8 Å². The second-order valence-electron chi connectivity index (χ2n) is 5.07. The first-order valence-corrected chi connectivity index (χ1v) is 7.40. The Morgan fingerprint density at radius 2 is 2.09 bits per heavy atom. The lowest BCUT2D eigenvalue weighted by atomic mass is 10.2. The van der Waals surface area contributed by atoms with Gasteiger partial charge in [-0.25, -0.2) is 0 Å². The van der Waals surface area contributed by atoms with Gasteiger partial charge in [-0.3, -0.25) is 0 Å². The summed E-state index contributed by atoms with van der Waals surface area (Å²) < 4.78 is 12.6. The second-order valence-corrected chi connectivity index (χ2v) is 5.07. The van der Waals surface area contributed by atoms with E-state index in [9.17, 15) is 0 Å². The summed E-state index contributed by atoms with van der Waals surface area (Å²) in [5.41, 5.74) is 1.83. The van der Waals surface area contributed by atoms with Crippen LogP contribution in [0.15, 0.2) is 36.4 Å². The lowest BCUT2D eigenvalue weighted by Crippen LogP contribution is -2.11. The van der Waals surface area contributed by atoms with Crippen molar-refractivity contribution < 1.29 is 9.47 Å². The number of aryl methyl sites for hydroxylation is 1. The molecule has 1 aromatic carbocycles. The third-order valence-electron chi connectivity index (χ3n) is 3.37. The summed E-state index contributed by atoms with van der Waals surface area (Å²) in [6.45, 7) is 3.67. The van der Waals surface area contributed by atoms with Gasteiger partial charge in [0.25, 0.3) is 0 Å². The molecule has 7 nitrogen and oxygen atoms in total. The molecule has 120 valence electrons. The minimum Gasteiger partial charge on any atom is -0.497 e. The monoisotopic (exact) mass is 313 g/mol. The number of methoxy groups -OCH3 is 1. The molecule has 0 radical (unpaired) electrons. The van der Waals surface area contributed by atoms with E-state index in [0.29, 0.717) is 19.8 Å². The molecular weight excluding hydrogens is 294 g/mol. The van der Waals surface area contributed by atoms with E-state index in [4.69, 9.17) is 9.47 Å². The average Bonchev–Trinajstić information content (AvgIpc) is 2.95. The van der Waals surface area contributed by atoms with Crippen LogP contribution in [-0.2, 0) is 11.3 Å². The molecule has 0 atom stereocenters. The lowest BCUT2D eigenvalue weighted by molar-refractivity contribution is 0.130. The third kappa shape index (κ3) is 3.75. The van der Waals surface area contributed by atoms with Gasteiger partial charge in [-0.15, -0.1) is 15.3 Å². The molecule has 0 aliphatic carbocycles. The molecule has 0 saturated heterocycles. The van der Waals surface area contributed by atoms with Gasteiger partial charge in [0.05, 0.1) is 20.3 Å². The zero-order valence-electron chi connectivity index (χ0n) is 13.2. The highest BCUT2D eigenvalue weighted by Crippen LogP contribution is 2.13. The number of hydrogen-bond donors (Lipinski definition) is 1. The van der Waals surface area contributed by atoms with Gasteiger partial charge in [-0.1, -0.05) is 12.1 Å². The van der Waals surface area contributed by atoms with Crippen molar-refractivity contribution in [1.29, 1.82) is 0 Å². The fourth-order valence-corrected chi connectivity index (χ4v) is 2.19.